The molecule has 122 valence electrons. The number of phenolic OH excluding ortho intramolecular Hbond substituents is 1. The largest absolute Gasteiger partial charge is 0.505 e. The first-order valence-corrected chi connectivity index (χ1v) is 7.08. The van der Waals surface area contributed by atoms with Gasteiger partial charge < -0.3 is 14.6 Å². The van der Waals surface area contributed by atoms with Crippen LogP contribution in [0.15, 0.2) is 18.2 Å². The number of alkyl halides is 1. The molecule has 6 nitrogen and oxygen atoms in total. The van der Waals surface area contributed by atoms with E-state index in [4.69, 9.17) is 21.4 Å². The van der Waals surface area contributed by atoms with Gasteiger partial charge in [0.2, 0.25) is 0 Å². The predicted octanol–water partition coefficient (Wildman–Crippen LogP) is 2.66. The van der Waals surface area contributed by atoms with E-state index < -0.39 is 17.7 Å². The van der Waals surface area contributed by atoms with Gasteiger partial charge in [0.05, 0.1) is 24.7 Å². The van der Waals surface area contributed by atoms with E-state index in [9.17, 15) is 14.0 Å². The number of esters is 1. The summed E-state index contributed by atoms with van der Waals surface area (Å²) >= 11 is 5.56. The van der Waals surface area contributed by atoms with E-state index >= 15 is 0 Å². The van der Waals surface area contributed by atoms with Crippen LogP contribution in [0.2, 0.25) is 0 Å². The van der Waals surface area contributed by atoms with Crippen molar-refractivity contribution < 1.29 is 28.6 Å². The number of anilines is 1. The highest BCUT2D eigenvalue weighted by Gasteiger charge is 2.31. The summed E-state index contributed by atoms with van der Waals surface area (Å²) in [6.45, 7) is 3.94. The fraction of sp³-hybridized carbons (Fsp3) is 0.429. The van der Waals surface area contributed by atoms with Crippen LogP contribution < -0.4 is 4.90 Å². The zero-order valence-electron chi connectivity index (χ0n) is 12.2. The molecule has 0 radical (unpaired) electrons. The number of ether oxygens (including phenoxy) is 2. The number of amides is 1. The number of rotatable bonds is 3. The number of aromatic hydroxyl groups is 1. The van der Waals surface area contributed by atoms with Crippen molar-refractivity contribution in [1.29, 1.82) is 0 Å². The van der Waals surface area contributed by atoms with Gasteiger partial charge in [-0.3, -0.25) is 9.69 Å². The molecular formula is C14H17ClFNO5. The fourth-order valence-electron chi connectivity index (χ4n) is 1.68. The summed E-state index contributed by atoms with van der Waals surface area (Å²) in [4.78, 5) is 22.5. The van der Waals surface area contributed by atoms with Crippen LogP contribution in [0.5, 0.6) is 5.75 Å². The van der Waals surface area contributed by atoms with Gasteiger partial charge in [-0.1, -0.05) is 0 Å². The van der Waals surface area contributed by atoms with Crippen molar-refractivity contribution >= 4 is 29.4 Å². The number of hydrogen-bond acceptors (Lipinski definition) is 5. The van der Waals surface area contributed by atoms with E-state index in [0.717, 1.165) is 6.07 Å². The second-order valence-corrected chi connectivity index (χ2v) is 4.64. The van der Waals surface area contributed by atoms with E-state index in [-0.39, 0.29) is 24.5 Å². The molecule has 8 heteroatoms. The average molecular weight is 334 g/mol. The van der Waals surface area contributed by atoms with Gasteiger partial charge in [-0.15, -0.1) is 11.6 Å². The monoisotopic (exact) mass is 333 g/mol. The third kappa shape index (κ3) is 5.07. The van der Waals surface area contributed by atoms with Crippen LogP contribution in [0.25, 0.3) is 0 Å². The second-order valence-electron chi connectivity index (χ2n) is 4.33. The molecule has 2 rings (SSSR count). The van der Waals surface area contributed by atoms with Gasteiger partial charge in [-0.05, 0) is 19.1 Å². The number of benzene rings is 1. The summed E-state index contributed by atoms with van der Waals surface area (Å²) in [6, 6.07) is 3.70. The van der Waals surface area contributed by atoms with Gasteiger partial charge in [0.1, 0.15) is 6.10 Å². The van der Waals surface area contributed by atoms with E-state index in [1.165, 1.54) is 24.0 Å². The number of phenols is 1. The van der Waals surface area contributed by atoms with Crippen LogP contribution in [0.3, 0.4) is 0 Å². The Hall–Kier alpha value is -2.02. The van der Waals surface area contributed by atoms with E-state index in [2.05, 4.69) is 4.74 Å². The van der Waals surface area contributed by atoms with Gasteiger partial charge in [-0.2, -0.15) is 0 Å². The van der Waals surface area contributed by atoms with Crippen molar-refractivity contribution in [3.8, 4) is 5.75 Å². The molecule has 1 aliphatic rings. The Balaban J connectivity index is 0.000000346. The van der Waals surface area contributed by atoms with Crippen LogP contribution in [0, 0.1) is 5.82 Å². The number of carbonyl (C=O) groups is 2. The topological polar surface area (TPSA) is 76.1 Å². The minimum Gasteiger partial charge on any atom is -0.505 e. The summed E-state index contributed by atoms with van der Waals surface area (Å²) in [5.41, 5.74) is 0.341. The molecule has 0 bridgehead atoms. The number of hydrogen-bond donors (Lipinski definition) is 1. The van der Waals surface area contributed by atoms with Crippen LogP contribution in [-0.4, -0.2) is 42.3 Å². The Bertz CT molecular complexity index is 540. The minimum absolute atomic E-state index is 0.197. The predicted molar refractivity (Wildman–Crippen MR) is 78.7 cm³/mol. The SMILES string of the molecule is CCOC(C)=O.O=C1O[C@@H](CCl)CN1c1ccc(O)c(F)c1. The van der Waals surface area contributed by atoms with E-state index in [1.807, 2.05) is 0 Å². The lowest BCUT2D eigenvalue weighted by atomic mass is 10.2. The molecule has 1 fully saturated rings. The standard InChI is InChI=1S/C10H9ClFNO3.C4H8O2/c11-4-7-5-13(10(15)16-7)6-1-2-9(14)8(12)3-6;1-3-6-4(2)5/h1-3,7,14H,4-5H2;3H2,1-2H3/t7-;/m0./s1. The van der Waals surface area contributed by atoms with Gasteiger partial charge in [0.15, 0.2) is 11.6 Å². The van der Waals surface area contributed by atoms with Crippen LogP contribution in [-0.2, 0) is 14.3 Å². The van der Waals surface area contributed by atoms with Gasteiger partial charge in [0, 0.05) is 13.0 Å². The highest BCUT2D eigenvalue weighted by atomic mass is 35.5. The number of carbonyl (C=O) groups excluding carboxylic acids is 2. The van der Waals surface area contributed by atoms with Gasteiger partial charge in [-0.25, -0.2) is 9.18 Å². The number of nitrogens with zero attached hydrogens (tertiary/aromatic N) is 1. The first-order valence-electron chi connectivity index (χ1n) is 6.55. The van der Waals surface area contributed by atoms with Crippen molar-refractivity contribution in [3.05, 3.63) is 24.0 Å². The molecular weight excluding hydrogens is 317 g/mol. The van der Waals surface area contributed by atoms with Gasteiger partial charge in [0.25, 0.3) is 0 Å². The third-order valence-electron chi connectivity index (χ3n) is 2.64. The van der Waals surface area contributed by atoms with Crippen molar-refractivity contribution in [2.24, 2.45) is 0 Å². The molecule has 1 aliphatic heterocycles. The molecule has 0 aliphatic carbocycles. The second kappa shape index (κ2) is 8.43. The molecule has 0 unspecified atom stereocenters. The van der Waals surface area contributed by atoms with Crippen LogP contribution in [0.4, 0.5) is 14.9 Å². The summed E-state index contributed by atoms with van der Waals surface area (Å²) in [5.74, 6) is -1.25. The highest BCUT2D eigenvalue weighted by molar-refractivity contribution is 6.18. The normalized spacial score (nSPS) is 16.6. The lowest BCUT2D eigenvalue weighted by Gasteiger charge is -2.12. The Morgan fingerprint density at radius 1 is 1.59 bits per heavy atom. The number of halogens is 2. The maximum absolute atomic E-state index is 13.1. The highest BCUT2D eigenvalue weighted by Crippen LogP contribution is 2.26. The first-order chi connectivity index (χ1) is 10.4. The molecule has 0 spiro atoms. The molecule has 1 saturated heterocycles. The molecule has 1 atom stereocenters. The maximum atomic E-state index is 13.1. The van der Waals surface area contributed by atoms with Crippen LogP contribution in [0.1, 0.15) is 13.8 Å². The molecule has 0 aromatic heterocycles. The zero-order valence-corrected chi connectivity index (χ0v) is 13.0. The first kappa shape index (κ1) is 18.0. The van der Waals surface area contributed by atoms with Crippen LogP contribution >= 0.6 is 11.6 Å². The molecule has 1 N–H and O–H groups in total. The Labute approximate surface area is 132 Å². The Morgan fingerprint density at radius 3 is 2.68 bits per heavy atom. The Morgan fingerprint density at radius 2 is 2.27 bits per heavy atom. The van der Waals surface area contributed by atoms with E-state index in [0.29, 0.717) is 12.3 Å². The molecule has 1 amide bonds. The molecule has 0 saturated carbocycles. The van der Waals surface area contributed by atoms with Crippen molar-refractivity contribution in [2.75, 3.05) is 23.9 Å². The lowest BCUT2D eigenvalue weighted by molar-refractivity contribution is -0.140. The van der Waals surface area contributed by atoms with Crippen molar-refractivity contribution in [2.45, 2.75) is 20.0 Å². The average Bonchev–Trinajstić information content (AvgIpc) is 2.84. The molecule has 22 heavy (non-hydrogen) atoms. The van der Waals surface area contributed by atoms with E-state index in [1.54, 1.807) is 6.92 Å². The quantitative estimate of drug-likeness (QED) is 0.680. The smallest absolute Gasteiger partial charge is 0.414 e. The Kier molecular flexibility index (Phi) is 6.91. The van der Waals surface area contributed by atoms with Crippen molar-refractivity contribution in [1.82, 2.24) is 0 Å². The summed E-state index contributed by atoms with van der Waals surface area (Å²) < 4.78 is 22.4. The third-order valence-corrected chi connectivity index (χ3v) is 2.98. The maximum Gasteiger partial charge on any atom is 0.414 e. The fourth-order valence-corrected chi connectivity index (χ4v) is 1.84. The van der Waals surface area contributed by atoms with Gasteiger partial charge >= 0.3 is 12.1 Å². The zero-order chi connectivity index (χ0) is 16.7. The number of cyclic esters (lactones) is 1. The summed E-state index contributed by atoms with van der Waals surface area (Å²) in [5, 5.41) is 9.02. The summed E-state index contributed by atoms with van der Waals surface area (Å²) in [6.07, 6.45) is -0.943. The molecule has 1 heterocycles. The summed E-state index contributed by atoms with van der Waals surface area (Å²) in [7, 11) is 0. The molecule has 1 aromatic rings. The van der Waals surface area contributed by atoms with Crippen molar-refractivity contribution in [3.63, 3.8) is 0 Å². The lowest BCUT2D eigenvalue weighted by Crippen LogP contribution is -2.24. The minimum atomic E-state index is -0.778. The molecule has 1 aromatic carbocycles.